The molecule has 0 aromatic heterocycles. The molecule has 1 aliphatic rings. The summed E-state index contributed by atoms with van der Waals surface area (Å²) in [6, 6.07) is 7.33. The van der Waals surface area contributed by atoms with Gasteiger partial charge in [-0.25, -0.2) is 0 Å². The minimum Gasteiger partial charge on any atom is -0.481 e. The van der Waals surface area contributed by atoms with Crippen molar-refractivity contribution in [3.05, 3.63) is 29.8 Å². The fourth-order valence-corrected chi connectivity index (χ4v) is 2.33. The van der Waals surface area contributed by atoms with Crippen LogP contribution >= 0.6 is 0 Å². The quantitative estimate of drug-likeness (QED) is 0.565. The zero-order valence-corrected chi connectivity index (χ0v) is 11.8. The fourth-order valence-electron chi connectivity index (χ4n) is 2.33. The van der Waals surface area contributed by atoms with Gasteiger partial charge in [-0.2, -0.15) is 0 Å². The van der Waals surface area contributed by atoms with E-state index in [0.717, 1.165) is 18.7 Å². The number of carbonyl (C=O) groups is 2. The fraction of sp³-hybridized carbons (Fsp3) is 0.500. The van der Waals surface area contributed by atoms with Gasteiger partial charge < -0.3 is 10.4 Å². The van der Waals surface area contributed by atoms with Gasteiger partial charge in [0, 0.05) is 23.7 Å². The summed E-state index contributed by atoms with van der Waals surface area (Å²) in [5.41, 5.74) is 1.61. The summed E-state index contributed by atoms with van der Waals surface area (Å²) in [6.07, 6.45) is 4.02. The van der Waals surface area contributed by atoms with Crippen LogP contribution in [0.25, 0.3) is 0 Å². The maximum Gasteiger partial charge on any atom is 0.307 e. The highest BCUT2D eigenvalue weighted by atomic mass is 16.4. The van der Waals surface area contributed by atoms with Gasteiger partial charge >= 0.3 is 5.97 Å². The Balaban J connectivity index is 1.85. The second-order valence-electron chi connectivity index (χ2n) is 5.36. The van der Waals surface area contributed by atoms with Crippen molar-refractivity contribution in [2.24, 2.45) is 11.8 Å². The number of anilines is 1. The van der Waals surface area contributed by atoms with E-state index in [4.69, 9.17) is 5.11 Å². The molecule has 20 heavy (non-hydrogen) atoms. The lowest BCUT2D eigenvalue weighted by molar-refractivity contribution is -0.138. The summed E-state index contributed by atoms with van der Waals surface area (Å²) >= 11 is 0. The van der Waals surface area contributed by atoms with Crippen molar-refractivity contribution in [2.75, 3.05) is 11.9 Å². The predicted octanol–water partition coefficient (Wildman–Crippen LogP) is 3.19. The Hall–Kier alpha value is -1.84. The number of nitrogens with one attached hydrogen (secondary N) is 1. The molecule has 2 unspecified atom stereocenters. The molecular formula is C16H21NO3. The first-order valence-corrected chi connectivity index (χ1v) is 7.24. The molecule has 1 aromatic carbocycles. The van der Waals surface area contributed by atoms with E-state index in [9.17, 15) is 9.59 Å². The maximum atomic E-state index is 12.0. The van der Waals surface area contributed by atoms with Crippen molar-refractivity contribution in [1.82, 2.24) is 0 Å². The van der Waals surface area contributed by atoms with E-state index in [2.05, 4.69) is 12.2 Å². The second kappa shape index (κ2) is 6.55. The lowest BCUT2D eigenvalue weighted by Crippen LogP contribution is -2.08. The Morgan fingerprint density at radius 2 is 1.90 bits per heavy atom. The molecule has 0 amide bonds. The van der Waals surface area contributed by atoms with Crippen molar-refractivity contribution in [1.29, 1.82) is 0 Å². The Morgan fingerprint density at radius 1 is 1.20 bits per heavy atom. The number of carboxylic acids is 1. The van der Waals surface area contributed by atoms with Gasteiger partial charge in [0.05, 0.1) is 5.92 Å². The summed E-state index contributed by atoms with van der Waals surface area (Å²) in [5, 5.41) is 12.2. The number of unbranched alkanes of at least 4 members (excludes halogenated alkanes) is 2. The van der Waals surface area contributed by atoms with Gasteiger partial charge in [-0.15, -0.1) is 0 Å². The van der Waals surface area contributed by atoms with E-state index in [-0.39, 0.29) is 11.7 Å². The number of aliphatic carboxylic acids is 1. The van der Waals surface area contributed by atoms with Gasteiger partial charge in [0.25, 0.3) is 0 Å². The molecule has 2 N–H and O–H groups in total. The first-order valence-electron chi connectivity index (χ1n) is 7.24. The third kappa shape index (κ3) is 3.59. The first kappa shape index (κ1) is 14.6. The van der Waals surface area contributed by atoms with Crippen LogP contribution in [0.15, 0.2) is 24.3 Å². The molecule has 4 nitrogen and oxygen atoms in total. The molecule has 1 fully saturated rings. The molecule has 0 heterocycles. The highest BCUT2D eigenvalue weighted by Gasteiger charge is 2.48. The number of rotatable bonds is 8. The largest absolute Gasteiger partial charge is 0.481 e. The van der Waals surface area contributed by atoms with Gasteiger partial charge in [-0.05, 0) is 37.1 Å². The van der Waals surface area contributed by atoms with E-state index in [0.29, 0.717) is 12.0 Å². The monoisotopic (exact) mass is 275 g/mol. The van der Waals surface area contributed by atoms with Crippen LogP contribution < -0.4 is 5.32 Å². The topological polar surface area (TPSA) is 66.4 Å². The Kier molecular flexibility index (Phi) is 4.77. The Labute approximate surface area is 119 Å². The van der Waals surface area contributed by atoms with Gasteiger partial charge in [-0.1, -0.05) is 19.8 Å². The molecule has 2 rings (SSSR count). The second-order valence-corrected chi connectivity index (χ2v) is 5.36. The average Bonchev–Trinajstić information content (AvgIpc) is 3.24. The molecule has 2 atom stereocenters. The minimum atomic E-state index is -0.863. The number of ketones is 1. The molecule has 1 aromatic rings. The standard InChI is InChI=1S/C16H21NO3/c1-2-3-4-9-17-12-7-5-11(6-8-12)15(18)13-10-14(13)16(19)20/h5-8,13-14,17H,2-4,9-10H2,1H3,(H,19,20). The summed E-state index contributed by atoms with van der Waals surface area (Å²) in [5.74, 6) is -1.71. The van der Waals surface area contributed by atoms with Gasteiger partial charge in [-0.3, -0.25) is 9.59 Å². The van der Waals surface area contributed by atoms with E-state index in [1.165, 1.54) is 12.8 Å². The van der Waals surface area contributed by atoms with Crippen LogP contribution in [0.3, 0.4) is 0 Å². The number of carbonyl (C=O) groups excluding carboxylic acids is 1. The zero-order chi connectivity index (χ0) is 14.5. The third-order valence-corrected chi connectivity index (χ3v) is 3.72. The number of hydrogen-bond donors (Lipinski definition) is 2. The van der Waals surface area contributed by atoms with Crippen LogP contribution in [0.4, 0.5) is 5.69 Å². The zero-order valence-electron chi connectivity index (χ0n) is 11.8. The normalized spacial score (nSPS) is 20.4. The molecular weight excluding hydrogens is 254 g/mol. The third-order valence-electron chi connectivity index (χ3n) is 3.72. The summed E-state index contributed by atoms with van der Waals surface area (Å²) in [7, 11) is 0. The lowest BCUT2D eigenvalue weighted by Gasteiger charge is -2.06. The van der Waals surface area contributed by atoms with Crippen molar-refractivity contribution in [2.45, 2.75) is 32.6 Å². The summed E-state index contributed by atoms with van der Waals surface area (Å²) < 4.78 is 0. The molecule has 0 saturated heterocycles. The number of carboxylic acid groups (broad SMARTS) is 1. The summed E-state index contributed by atoms with van der Waals surface area (Å²) in [4.78, 5) is 22.8. The maximum absolute atomic E-state index is 12.0. The molecule has 0 spiro atoms. The first-order chi connectivity index (χ1) is 9.63. The van der Waals surface area contributed by atoms with E-state index in [1.807, 2.05) is 12.1 Å². The van der Waals surface area contributed by atoms with E-state index < -0.39 is 11.9 Å². The van der Waals surface area contributed by atoms with Gasteiger partial charge in [0.2, 0.25) is 0 Å². The van der Waals surface area contributed by atoms with E-state index in [1.54, 1.807) is 12.1 Å². The van der Waals surface area contributed by atoms with Crippen molar-refractivity contribution < 1.29 is 14.7 Å². The molecule has 0 radical (unpaired) electrons. The van der Waals surface area contributed by atoms with Crippen molar-refractivity contribution in [3.63, 3.8) is 0 Å². The molecule has 0 aliphatic heterocycles. The van der Waals surface area contributed by atoms with Crippen LogP contribution in [-0.4, -0.2) is 23.4 Å². The van der Waals surface area contributed by atoms with Crippen molar-refractivity contribution >= 4 is 17.4 Å². The summed E-state index contributed by atoms with van der Waals surface area (Å²) in [6.45, 7) is 3.10. The average molecular weight is 275 g/mol. The van der Waals surface area contributed by atoms with Crippen LogP contribution in [0.2, 0.25) is 0 Å². The Bertz CT molecular complexity index is 481. The molecule has 108 valence electrons. The molecule has 1 aliphatic carbocycles. The van der Waals surface area contributed by atoms with Gasteiger partial charge in [0.15, 0.2) is 5.78 Å². The number of benzene rings is 1. The highest BCUT2D eigenvalue weighted by molar-refractivity contribution is 6.02. The van der Waals surface area contributed by atoms with Crippen molar-refractivity contribution in [3.8, 4) is 0 Å². The molecule has 4 heteroatoms. The van der Waals surface area contributed by atoms with Crippen LogP contribution in [0.1, 0.15) is 43.0 Å². The number of Topliss-reactive ketones (excluding diaryl/α,β-unsaturated/α-hetero) is 1. The van der Waals surface area contributed by atoms with Crippen LogP contribution in [0, 0.1) is 11.8 Å². The van der Waals surface area contributed by atoms with Crippen LogP contribution in [-0.2, 0) is 4.79 Å². The minimum absolute atomic E-state index is 0.0464. The SMILES string of the molecule is CCCCCNc1ccc(C(=O)C2CC2C(=O)O)cc1. The Morgan fingerprint density at radius 3 is 2.45 bits per heavy atom. The predicted molar refractivity (Wildman–Crippen MR) is 78.0 cm³/mol. The van der Waals surface area contributed by atoms with E-state index >= 15 is 0 Å². The molecule has 0 bridgehead atoms. The lowest BCUT2D eigenvalue weighted by atomic mass is 10.1. The highest BCUT2D eigenvalue weighted by Crippen LogP contribution is 2.41. The number of hydrogen-bond acceptors (Lipinski definition) is 3. The molecule has 1 saturated carbocycles. The smallest absolute Gasteiger partial charge is 0.307 e. The van der Waals surface area contributed by atoms with Gasteiger partial charge in [0.1, 0.15) is 0 Å². The van der Waals surface area contributed by atoms with Crippen LogP contribution in [0.5, 0.6) is 0 Å².